The lowest BCUT2D eigenvalue weighted by atomic mass is 9.89. The van der Waals surface area contributed by atoms with Crippen LogP contribution in [0.3, 0.4) is 0 Å². The van der Waals surface area contributed by atoms with E-state index in [-0.39, 0.29) is 0 Å². The minimum absolute atomic E-state index is 0.379. The van der Waals surface area contributed by atoms with Crippen LogP contribution in [0.1, 0.15) is 27.9 Å². The van der Waals surface area contributed by atoms with E-state index in [1.165, 1.54) is 0 Å². The zero-order valence-corrected chi connectivity index (χ0v) is 19.4. The molecule has 1 unspecified atom stereocenters. The van der Waals surface area contributed by atoms with E-state index < -0.39 is 5.60 Å². The van der Waals surface area contributed by atoms with Gasteiger partial charge in [-0.25, -0.2) is 4.98 Å². The lowest BCUT2D eigenvalue weighted by Crippen LogP contribution is -2.28. The monoisotopic (exact) mass is 482 g/mol. The van der Waals surface area contributed by atoms with Crippen molar-refractivity contribution in [1.29, 1.82) is 10.5 Å². The molecule has 164 valence electrons. The van der Waals surface area contributed by atoms with Crippen molar-refractivity contribution in [2.45, 2.75) is 5.60 Å². The van der Waals surface area contributed by atoms with Gasteiger partial charge in [0.1, 0.15) is 0 Å². The molecule has 0 spiro atoms. The molecular formula is C27H16Cl2N4O. The zero-order valence-electron chi connectivity index (χ0n) is 17.9. The number of aliphatic hydroxyl groups is 1. The predicted molar refractivity (Wildman–Crippen MR) is 131 cm³/mol. The van der Waals surface area contributed by atoms with Crippen LogP contribution < -0.4 is 0 Å². The molecule has 0 aliphatic heterocycles. The van der Waals surface area contributed by atoms with Crippen molar-refractivity contribution in [1.82, 2.24) is 9.55 Å². The van der Waals surface area contributed by atoms with Crippen molar-refractivity contribution in [3.05, 3.63) is 111 Å². The molecule has 0 amide bonds. The van der Waals surface area contributed by atoms with Crippen molar-refractivity contribution in [2.24, 2.45) is 7.05 Å². The van der Waals surface area contributed by atoms with Gasteiger partial charge in [-0.1, -0.05) is 53.2 Å². The van der Waals surface area contributed by atoms with Crippen LogP contribution >= 0.6 is 23.2 Å². The predicted octanol–water partition coefficient (Wildman–Crippen LogP) is 5.42. The molecular weight excluding hydrogens is 467 g/mol. The van der Waals surface area contributed by atoms with Gasteiger partial charge < -0.3 is 9.67 Å². The highest BCUT2D eigenvalue weighted by atomic mass is 35.5. The van der Waals surface area contributed by atoms with Crippen LogP contribution in [-0.4, -0.2) is 14.7 Å². The Labute approximate surface area is 207 Å². The van der Waals surface area contributed by atoms with E-state index in [0.29, 0.717) is 43.6 Å². The molecule has 3 aromatic carbocycles. The van der Waals surface area contributed by atoms with Gasteiger partial charge in [-0.2, -0.15) is 10.5 Å². The minimum atomic E-state index is -1.71. The molecule has 1 N–H and O–H groups in total. The van der Waals surface area contributed by atoms with E-state index in [2.05, 4.69) is 29.0 Å². The van der Waals surface area contributed by atoms with Gasteiger partial charge in [0, 0.05) is 18.2 Å². The molecule has 4 rings (SSSR count). The fourth-order valence-corrected chi connectivity index (χ4v) is 3.86. The first kappa shape index (κ1) is 23.1. The third-order valence-corrected chi connectivity index (χ3v) is 6.12. The summed E-state index contributed by atoms with van der Waals surface area (Å²) in [5, 5.41) is 31.1. The first-order chi connectivity index (χ1) is 16.4. The second kappa shape index (κ2) is 9.44. The van der Waals surface area contributed by atoms with E-state index in [9.17, 15) is 10.4 Å². The molecule has 0 aliphatic rings. The van der Waals surface area contributed by atoms with E-state index in [1.807, 2.05) is 0 Å². The fraction of sp³-hybridized carbons (Fsp3) is 0.0741. The summed E-state index contributed by atoms with van der Waals surface area (Å²) in [5.41, 5.74) is 2.19. The van der Waals surface area contributed by atoms with Gasteiger partial charge in [-0.15, -0.1) is 0 Å². The van der Waals surface area contributed by atoms with Crippen LogP contribution in [0.25, 0.3) is 11.1 Å². The van der Waals surface area contributed by atoms with Gasteiger partial charge >= 0.3 is 0 Å². The SMILES string of the molecule is Cn1cncc1C(O)(C#Cc1ccc(C#N)cc1-c1ccc(Cl)c(Cl)c1)c1ccc(C#N)cc1. The molecule has 0 saturated heterocycles. The summed E-state index contributed by atoms with van der Waals surface area (Å²) in [6, 6.07) is 21.1. The minimum Gasteiger partial charge on any atom is -0.368 e. The van der Waals surface area contributed by atoms with Gasteiger partial charge in [0.25, 0.3) is 0 Å². The normalized spacial score (nSPS) is 12.1. The smallest absolute Gasteiger partial charge is 0.193 e. The Morgan fingerprint density at radius 3 is 2.24 bits per heavy atom. The summed E-state index contributed by atoms with van der Waals surface area (Å²) in [5.74, 6) is 6.09. The van der Waals surface area contributed by atoms with Gasteiger partial charge in [-0.3, -0.25) is 0 Å². The Morgan fingerprint density at radius 2 is 1.62 bits per heavy atom. The zero-order chi connectivity index (χ0) is 24.3. The first-order valence-corrected chi connectivity index (χ1v) is 10.8. The molecule has 34 heavy (non-hydrogen) atoms. The molecule has 1 aromatic heterocycles. The Morgan fingerprint density at radius 1 is 0.912 bits per heavy atom. The van der Waals surface area contributed by atoms with Crippen molar-refractivity contribution in [2.75, 3.05) is 0 Å². The van der Waals surface area contributed by atoms with Crippen LogP contribution in [0.15, 0.2) is 73.2 Å². The number of aryl methyl sites for hydroxylation is 1. The highest BCUT2D eigenvalue weighted by molar-refractivity contribution is 6.42. The molecule has 4 aromatic rings. The number of nitrogens with zero attached hydrogens (tertiary/aromatic N) is 4. The van der Waals surface area contributed by atoms with Crippen molar-refractivity contribution in [3.63, 3.8) is 0 Å². The maximum Gasteiger partial charge on any atom is 0.193 e. The summed E-state index contributed by atoms with van der Waals surface area (Å²) in [4.78, 5) is 4.13. The average molecular weight is 483 g/mol. The Balaban J connectivity index is 1.90. The Bertz CT molecular complexity index is 1530. The number of aromatic nitrogens is 2. The number of hydrogen-bond donors (Lipinski definition) is 1. The van der Waals surface area contributed by atoms with Crippen molar-refractivity contribution < 1.29 is 5.11 Å². The number of rotatable bonds is 3. The molecule has 0 fully saturated rings. The van der Waals surface area contributed by atoms with Crippen LogP contribution in [-0.2, 0) is 12.6 Å². The number of benzene rings is 3. The maximum absolute atomic E-state index is 11.8. The van der Waals surface area contributed by atoms with Gasteiger partial charge in [0.2, 0.25) is 0 Å². The van der Waals surface area contributed by atoms with E-state index in [0.717, 1.165) is 5.56 Å². The average Bonchev–Trinajstić information content (AvgIpc) is 3.30. The number of halogens is 2. The van der Waals surface area contributed by atoms with E-state index >= 15 is 0 Å². The third kappa shape index (κ3) is 4.40. The number of nitriles is 2. The molecule has 0 radical (unpaired) electrons. The van der Waals surface area contributed by atoms with Crippen molar-refractivity contribution >= 4 is 23.2 Å². The quantitative estimate of drug-likeness (QED) is 0.394. The highest BCUT2D eigenvalue weighted by Gasteiger charge is 2.32. The molecule has 0 aliphatic carbocycles. The van der Waals surface area contributed by atoms with E-state index in [4.69, 9.17) is 28.5 Å². The Kier molecular flexibility index (Phi) is 6.42. The molecule has 5 nitrogen and oxygen atoms in total. The van der Waals surface area contributed by atoms with Crippen LogP contribution in [0, 0.1) is 34.5 Å². The fourth-order valence-electron chi connectivity index (χ4n) is 3.56. The Hall–Kier alpha value is -4.05. The summed E-state index contributed by atoms with van der Waals surface area (Å²) in [6.07, 6.45) is 3.13. The highest BCUT2D eigenvalue weighted by Crippen LogP contribution is 2.32. The lowest BCUT2D eigenvalue weighted by Gasteiger charge is -2.23. The molecule has 7 heteroatoms. The van der Waals surface area contributed by atoms with Gasteiger partial charge in [0.15, 0.2) is 5.60 Å². The summed E-state index contributed by atoms with van der Waals surface area (Å²) in [6.45, 7) is 0. The topological polar surface area (TPSA) is 85.6 Å². The summed E-state index contributed by atoms with van der Waals surface area (Å²) in [7, 11) is 1.77. The number of imidazole rings is 1. The maximum atomic E-state index is 11.8. The molecule has 0 bridgehead atoms. The molecule has 0 saturated carbocycles. The van der Waals surface area contributed by atoms with Crippen LogP contribution in [0.4, 0.5) is 0 Å². The summed E-state index contributed by atoms with van der Waals surface area (Å²) < 4.78 is 1.69. The van der Waals surface area contributed by atoms with Gasteiger partial charge in [0.05, 0.1) is 51.5 Å². The second-order valence-electron chi connectivity index (χ2n) is 7.54. The van der Waals surface area contributed by atoms with Crippen molar-refractivity contribution in [3.8, 4) is 35.1 Å². The van der Waals surface area contributed by atoms with E-state index in [1.54, 1.807) is 84.8 Å². The largest absolute Gasteiger partial charge is 0.368 e. The molecule has 1 heterocycles. The third-order valence-electron chi connectivity index (χ3n) is 5.38. The summed E-state index contributed by atoms with van der Waals surface area (Å²) >= 11 is 12.3. The first-order valence-electron chi connectivity index (χ1n) is 10.1. The lowest BCUT2D eigenvalue weighted by molar-refractivity contribution is 0.137. The van der Waals surface area contributed by atoms with Crippen LogP contribution in [0.2, 0.25) is 10.0 Å². The van der Waals surface area contributed by atoms with Crippen LogP contribution in [0.5, 0.6) is 0 Å². The number of hydrogen-bond acceptors (Lipinski definition) is 4. The standard InChI is InChI=1S/C27H16Cl2N4O/c1-33-17-32-16-26(33)27(34,22-7-3-18(14-30)4-8-22)11-10-20-5-2-19(15-31)12-23(20)21-6-9-24(28)25(29)13-21/h2-9,12-13,16-17,34H,1H3. The van der Waals surface area contributed by atoms with Gasteiger partial charge in [-0.05, 0) is 53.6 Å². The molecule has 1 atom stereocenters. The second-order valence-corrected chi connectivity index (χ2v) is 8.35.